The van der Waals surface area contributed by atoms with Crippen molar-refractivity contribution < 1.29 is 23.5 Å². The lowest BCUT2D eigenvalue weighted by molar-refractivity contribution is -0.140. The third-order valence-electron chi connectivity index (χ3n) is 2.86. The first-order valence-electron chi connectivity index (χ1n) is 6.29. The van der Waals surface area contributed by atoms with Crippen LogP contribution in [-0.2, 0) is 4.79 Å². The van der Waals surface area contributed by atoms with Crippen LogP contribution < -0.4 is 5.32 Å². The fourth-order valence-corrected chi connectivity index (χ4v) is 2.43. The van der Waals surface area contributed by atoms with Gasteiger partial charge in [-0.2, -0.15) is 0 Å². The van der Waals surface area contributed by atoms with E-state index in [9.17, 15) is 18.4 Å². The molecule has 22 heavy (non-hydrogen) atoms. The number of nitrogens with zero attached hydrogens (tertiary/aromatic N) is 1. The second kappa shape index (κ2) is 6.65. The molecule has 6 nitrogen and oxygen atoms in total. The molecule has 0 aliphatic rings. The van der Waals surface area contributed by atoms with Gasteiger partial charge >= 0.3 is 5.97 Å². The number of halogens is 2. The number of aromatic amines is 1. The van der Waals surface area contributed by atoms with Crippen molar-refractivity contribution in [3.05, 3.63) is 28.3 Å². The highest BCUT2D eigenvalue weighted by atomic mass is 32.1. The third-order valence-corrected chi connectivity index (χ3v) is 3.63. The fourth-order valence-electron chi connectivity index (χ4n) is 1.80. The molecule has 0 spiro atoms. The van der Waals surface area contributed by atoms with Crippen LogP contribution in [0.25, 0.3) is 11.3 Å². The Hall–Kier alpha value is -2.29. The highest BCUT2D eigenvalue weighted by Crippen LogP contribution is 2.22. The monoisotopic (exact) mass is 329 g/mol. The zero-order valence-electron chi connectivity index (χ0n) is 11.5. The van der Waals surface area contributed by atoms with Crippen molar-refractivity contribution in [3.8, 4) is 11.3 Å². The number of aromatic nitrogens is 2. The number of carboxylic acids is 1. The number of carboxylic acid groups (broad SMARTS) is 1. The Morgan fingerprint density at radius 1 is 1.50 bits per heavy atom. The number of thiazole rings is 1. The van der Waals surface area contributed by atoms with Crippen LogP contribution in [0, 0.1) is 6.92 Å². The van der Waals surface area contributed by atoms with E-state index in [0.717, 1.165) is 5.01 Å². The van der Waals surface area contributed by atoms with Crippen LogP contribution in [0.5, 0.6) is 0 Å². The molecular formula is C13H13F2N3O3S. The number of aliphatic carboxylic acids is 1. The summed E-state index contributed by atoms with van der Waals surface area (Å²) in [5.41, 5.74) is 1.43. The summed E-state index contributed by atoms with van der Waals surface area (Å²) in [6.45, 7) is 1.84. The summed E-state index contributed by atoms with van der Waals surface area (Å²) in [5.74, 6) is -2.26. The number of aryl methyl sites for hydroxylation is 1. The Bertz CT molecular complexity index is 684. The molecule has 0 fully saturated rings. The zero-order chi connectivity index (χ0) is 16.3. The second-order valence-electron chi connectivity index (χ2n) is 4.54. The van der Waals surface area contributed by atoms with Crippen LogP contribution in [0.3, 0.4) is 0 Å². The summed E-state index contributed by atoms with van der Waals surface area (Å²) in [5, 5.41) is 13.6. The second-order valence-corrected chi connectivity index (χ2v) is 5.61. The van der Waals surface area contributed by atoms with Gasteiger partial charge in [0.15, 0.2) is 0 Å². The Morgan fingerprint density at radius 2 is 2.23 bits per heavy atom. The van der Waals surface area contributed by atoms with Crippen LogP contribution in [0.1, 0.15) is 21.9 Å². The molecule has 2 aromatic rings. The maximum absolute atomic E-state index is 12.3. The molecule has 1 atom stereocenters. The van der Waals surface area contributed by atoms with Gasteiger partial charge in [-0.25, -0.2) is 18.6 Å². The SMILES string of the molecule is Cc1nc(-c2c[nH]c(C(=O)NC(CC(F)F)C(=O)O)c2)cs1. The molecule has 2 heterocycles. The highest BCUT2D eigenvalue weighted by molar-refractivity contribution is 7.09. The smallest absolute Gasteiger partial charge is 0.326 e. The summed E-state index contributed by atoms with van der Waals surface area (Å²) in [7, 11) is 0. The Balaban J connectivity index is 2.09. The predicted octanol–water partition coefficient (Wildman–Crippen LogP) is 2.28. The van der Waals surface area contributed by atoms with Crippen molar-refractivity contribution in [1.82, 2.24) is 15.3 Å². The Labute approximate surface area is 128 Å². The number of hydrogen-bond acceptors (Lipinski definition) is 4. The first kappa shape index (κ1) is 16.1. The van der Waals surface area contributed by atoms with E-state index in [1.165, 1.54) is 17.4 Å². The zero-order valence-corrected chi connectivity index (χ0v) is 12.3. The molecule has 0 radical (unpaired) electrons. The van der Waals surface area contributed by atoms with E-state index >= 15 is 0 Å². The van der Waals surface area contributed by atoms with E-state index in [4.69, 9.17) is 5.11 Å². The van der Waals surface area contributed by atoms with Gasteiger partial charge < -0.3 is 15.4 Å². The van der Waals surface area contributed by atoms with Gasteiger partial charge in [0.05, 0.1) is 10.7 Å². The molecule has 0 saturated heterocycles. The molecular weight excluding hydrogens is 316 g/mol. The topological polar surface area (TPSA) is 95.1 Å². The fraction of sp³-hybridized carbons (Fsp3) is 0.308. The summed E-state index contributed by atoms with van der Waals surface area (Å²) in [4.78, 5) is 29.7. The van der Waals surface area contributed by atoms with Crippen molar-refractivity contribution in [2.45, 2.75) is 25.8 Å². The summed E-state index contributed by atoms with van der Waals surface area (Å²) < 4.78 is 24.6. The quantitative estimate of drug-likeness (QED) is 0.758. The Kier molecular flexibility index (Phi) is 4.86. The number of carbonyl (C=O) groups is 2. The lowest BCUT2D eigenvalue weighted by atomic mass is 10.2. The van der Waals surface area contributed by atoms with Crippen LogP contribution in [0.2, 0.25) is 0 Å². The summed E-state index contributed by atoms with van der Waals surface area (Å²) in [6, 6.07) is -0.147. The molecule has 118 valence electrons. The van der Waals surface area contributed by atoms with Crippen LogP contribution in [0.4, 0.5) is 8.78 Å². The molecule has 9 heteroatoms. The molecule has 1 amide bonds. The van der Waals surface area contributed by atoms with E-state index in [0.29, 0.717) is 11.3 Å². The average molecular weight is 329 g/mol. The number of nitrogens with one attached hydrogen (secondary N) is 2. The van der Waals surface area contributed by atoms with Crippen molar-refractivity contribution in [2.75, 3.05) is 0 Å². The molecule has 0 bridgehead atoms. The largest absolute Gasteiger partial charge is 0.480 e. The van der Waals surface area contributed by atoms with Crippen LogP contribution in [-0.4, -0.2) is 39.4 Å². The molecule has 0 saturated carbocycles. The van der Waals surface area contributed by atoms with Gasteiger partial charge in [0.1, 0.15) is 11.7 Å². The van der Waals surface area contributed by atoms with Gasteiger partial charge in [-0.1, -0.05) is 0 Å². The highest BCUT2D eigenvalue weighted by Gasteiger charge is 2.25. The molecule has 0 aliphatic heterocycles. The number of amides is 1. The number of hydrogen-bond donors (Lipinski definition) is 3. The Morgan fingerprint density at radius 3 is 2.77 bits per heavy atom. The van der Waals surface area contributed by atoms with Crippen molar-refractivity contribution >= 4 is 23.2 Å². The van der Waals surface area contributed by atoms with Crippen LogP contribution in [0.15, 0.2) is 17.6 Å². The molecule has 0 aliphatic carbocycles. The number of H-pyrrole nitrogens is 1. The number of carbonyl (C=O) groups excluding carboxylic acids is 1. The van der Waals surface area contributed by atoms with E-state index in [-0.39, 0.29) is 5.69 Å². The molecule has 2 aromatic heterocycles. The summed E-state index contributed by atoms with van der Waals surface area (Å²) >= 11 is 1.45. The van der Waals surface area contributed by atoms with Crippen molar-refractivity contribution in [3.63, 3.8) is 0 Å². The van der Waals surface area contributed by atoms with Crippen molar-refractivity contribution in [1.29, 1.82) is 0 Å². The summed E-state index contributed by atoms with van der Waals surface area (Å²) in [6.07, 6.45) is -2.22. The molecule has 2 rings (SSSR count). The average Bonchev–Trinajstić information content (AvgIpc) is 3.05. The molecule has 0 aromatic carbocycles. The first-order valence-corrected chi connectivity index (χ1v) is 7.17. The maximum Gasteiger partial charge on any atom is 0.326 e. The van der Waals surface area contributed by atoms with Gasteiger partial charge in [-0.15, -0.1) is 11.3 Å². The van der Waals surface area contributed by atoms with Gasteiger partial charge in [-0.3, -0.25) is 4.79 Å². The number of rotatable bonds is 6. The standard InChI is InChI=1S/C13H13F2N3O3S/c1-6-17-10(5-22-6)7-2-8(16-4-7)12(19)18-9(13(20)21)3-11(14)15/h2,4-5,9,11,16H,3H2,1H3,(H,18,19)(H,20,21). The predicted molar refractivity (Wildman–Crippen MR) is 76.1 cm³/mol. The normalized spacial score (nSPS) is 12.4. The van der Waals surface area contributed by atoms with Gasteiger partial charge in [-0.05, 0) is 13.0 Å². The van der Waals surface area contributed by atoms with E-state index in [2.05, 4.69) is 15.3 Å². The van der Waals surface area contributed by atoms with Crippen molar-refractivity contribution in [2.24, 2.45) is 0 Å². The van der Waals surface area contributed by atoms with Crippen LogP contribution >= 0.6 is 11.3 Å². The van der Waals surface area contributed by atoms with E-state index in [1.807, 2.05) is 12.3 Å². The lowest BCUT2D eigenvalue weighted by Gasteiger charge is -2.13. The van der Waals surface area contributed by atoms with Gasteiger partial charge in [0, 0.05) is 23.6 Å². The molecule has 3 N–H and O–H groups in total. The molecule has 1 unspecified atom stereocenters. The minimum absolute atomic E-state index is 0.0844. The van der Waals surface area contributed by atoms with Gasteiger partial charge in [0.25, 0.3) is 5.91 Å². The maximum atomic E-state index is 12.3. The first-order chi connectivity index (χ1) is 10.4. The van der Waals surface area contributed by atoms with E-state index in [1.54, 1.807) is 6.20 Å². The minimum atomic E-state index is -2.82. The minimum Gasteiger partial charge on any atom is -0.480 e. The third kappa shape index (κ3) is 3.88. The number of alkyl halides is 2. The van der Waals surface area contributed by atoms with E-state index < -0.39 is 30.8 Å². The lowest BCUT2D eigenvalue weighted by Crippen LogP contribution is -2.42. The van der Waals surface area contributed by atoms with Gasteiger partial charge in [0.2, 0.25) is 6.43 Å².